The van der Waals surface area contributed by atoms with Gasteiger partial charge >= 0.3 is 6.01 Å². The Kier molecular flexibility index (Phi) is 5.69. The van der Waals surface area contributed by atoms with Crippen molar-refractivity contribution in [3.05, 3.63) is 66.2 Å². The van der Waals surface area contributed by atoms with E-state index < -0.39 is 0 Å². The van der Waals surface area contributed by atoms with Crippen LogP contribution < -0.4 is 10.1 Å². The second-order valence-corrected chi connectivity index (χ2v) is 7.63. The first-order chi connectivity index (χ1) is 14.9. The van der Waals surface area contributed by atoms with Gasteiger partial charge in [-0.1, -0.05) is 53.6 Å². The smallest absolute Gasteiger partial charge is 0.341 e. The Morgan fingerprint density at radius 2 is 1.73 bits per heavy atom. The molecule has 0 aliphatic carbocycles. The lowest BCUT2D eigenvalue weighted by Gasteiger charge is -2.18. The predicted octanol–water partition coefficient (Wildman–Crippen LogP) is 2.40. The van der Waals surface area contributed by atoms with E-state index in [2.05, 4.69) is 45.1 Å². The molecule has 3 aromatic rings. The molecule has 0 amide bonds. The van der Waals surface area contributed by atoms with Crippen LogP contribution in [0.15, 0.2) is 60.7 Å². The van der Waals surface area contributed by atoms with Gasteiger partial charge in [-0.2, -0.15) is 4.68 Å². The molecule has 2 aliphatic heterocycles. The quantitative estimate of drug-likeness (QED) is 0.574. The van der Waals surface area contributed by atoms with E-state index in [-0.39, 0.29) is 24.3 Å². The lowest BCUT2D eigenvalue weighted by atomic mass is 10.1. The molecular formula is C22H25N5O3. The highest BCUT2D eigenvalue weighted by molar-refractivity contribution is 5.24. The second-order valence-electron chi connectivity index (χ2n) is 7.63. The van der Waals surface area contributed by atoms with Crippen molar-refractivity contribution < 1.29 is 14.2 Å². The molecule has 2 saturated heterocycles. The topological polar surface area (TPSA) is 83.3 Å². The summed E-state index contributed by atoms with van der Waals surface area (Å²) in [5.74, 6) is 0.689. The minimum absolute atomic E-state index is 0.0134. The monoisotopic (exact) mass is 407 g/mol. The average Bonchev–Trinajstić information content (AvgIpc) is 3.50. The highest BCUT2D eigenvalue weighted by atomic mass is 16.6. The third kappa shape index (κ3) is 4.07. The highest BCUT2D eigenvalue weighted by Crippen LogP contribution is 2.35. The van der Waals surface area contributed by atoms with E-state index in [1.165, 1.54) is 5.56 Å². The van der Waals surface area contributed by atoms with Crippen LogP contribution in [0, 0.1) is 0 Å². The summed E-state index contributed by atoms with van der Waals surface area (Å²) >= 11 is 0. The largest absolute Gasteiger partial charge is 0.423 e. The van der Waals surface area contributed by atoms with Crippen LogP contribution in [-0.4, -0.2) is 58.2 Å². The van der Waals surface area contributed by atoms with Crippen molar-refractivity contribution in [1.82, 2.24) is 25.5 Å². The molecule has 2 aromatic carbocycles. The standard InChI is InChI=1S/C22H25N5O3/c1-3-8-16(9-4-1)10-7-13-23-18-14-28-21-19(15-29-20(18)21)27-22(24-25-26-27)30-17-11-5-2-6-12-17/h1-6,8-9,11-12,18-21,23H,7,10,13-15H2. The molecule has 0 bridgehead atoms. The number of para-hydroxylation sites is 1. The number of fused-ring (bicyclic) bond motifs is 1. The first kappa shape index (κ1) is 19.2. The van der Waals surface area contributed by atoms with E-state index in [0.29, 0.717) is 25.0 Å². The van der Waals surface area contributed by atoms with Gasteiger partial charge in [0.15, 0.2) is 0 Å². The molecule has 8 heteroatoms. The fourth-order valence-electron chi connectivity index (χ4n) is 4.14. The van der Waals surface area contributed by atoms with Gasteiger partial charge in [-0.3, -0.25) is 0 Å². The first-order valence-electron chi connectivity index (χ1n) is 10.4. The Morgan fingerprint density at radius 1 is 0.967 bits per heavy atom. The summed E-state index contributed by atoms with van der Waals surface area (Å²) in [6, 6.07) is 20.4. The molecule has 0 radical (unpaired) electrons. The van der Waals surface area contributed by atoms with E-state index >= 15 is 0 Å². The highest BCUT2D eigenvalue weighted by Gasteiger charge is 2.49. The number of ether oxygens (including phenoxy) is 3. The number of aryl methyl sites for hydroxylation is 1. The number of benzene rings is 2. The molecule has 1 aromatic heterocycles. The third-order valence-electron chi connectivity index (χ3n) is 5.65. The van der Waals surface area contributed by atoms with Gasteiger partial charge in [-0.05, 0) is 47.5 Å². The van der Waals surface area contributed by atoms with Crippen molar-refractivity contribution in [2.24, 2.45) is 0 Å². The van der Waals surface area contributed by atoms with Crippen LogP contribution in [-0.2, 0) is 15.9 Å². The molecule has 2 fully saturated rings. The number of rotatable bonds is 8. The predicted molar refractivity (Wildman–Crippen MR) is 109 cm³/mol. The summed E-state index contributed by atoms with van der Waals surface area (Å²) in [6.45, 7) is 2.04. The van der Waals surface area contributed by atoms with Crippen molar-refractivity contribution in [2.45, 2.75) is 37.1 Å². The van der Waals surface area contributed by atoms with Crippen molar-refractivity contribution in [1.29, 1.82) is 0 Å². The van der Waals surface area contributed by atoms with Gasteiger partial charge in [-0.15, -0.1) is 0 Å². The Balaban J connectivity index is 1.17. The number of hydrogen-bond donors (Lipinski definition) is 1. The lowest BCUT2D eigenvalue weighted by Crippen LogP contribution is -2.41. The minimum Gasteiger partial charge on any atom is -0.423 e. The van der Waals surface area contributed by atoms with Crippen LogP contribution in [0.1, 0.15) is 18.0 Å². The van der Waals surface area contributed by atoms with Crippen molar-refractivity contribution >= 4 is 0 Å². The van der Waals surface area contributed by atoms with Crippen molar-refractivity contribution in [3.8, 4) is 11.8 Å². The van der Waals surface area contributed by atoms with Gasteiger partial charge in [0.25, 0.3) is 0 Å². The van der Waals surface area contributed by atoms with E-state index in [4.69, 9.17) is 14.2 Å². The molecule has 1 N–H and O–H groups in total. The SMILES string of the molecule is c1ccc(CCCNC2COC3C2OCC3n2nnnc2Oc2ccccc2)cc1. The number of hydrogen-bond acceptors (Lipinski definition) is 7. The van der Waals surface area contributed by atoms with Crippen molar-refractivity contribution in [3.63, 3.8) is 0 Å². The van der Waals surface area contributed by atoms with E-state index in [0.717, 1.165) is 19.4 Å². The fourth-order valence-corrected chi connectivity index (χ4v) is 4.14. The van der Waals surface area contributed by atoms with Crippen LogP contribution in [0.3, 0.4) is 0 Å². The number of nitrogens with zero attached hydrogens (tertiary/aromatic N) is 4. The zero-order valence-corrected chi connectivity index (χ0v) is 16.6. The average molecular weight is 407 g/mol. The summed E-state index contributed by atoms with van der Waals surface area (Å²) in [5, 5.41) is 15.6. The molecule has 30 heavy (non-hydrogen) atoms. The Hall–Kier alpha value is -2.81. The van der Waals surface area contributed by atoms with Crippen molar-refractivity contribution in [2.75, 3.05) is 19.8 Å². The Morgan fingerprint density at radius 3 is 2.57 bits per heavy atom. The first-order valence-corrected chi connectivity index (χ1v) is 10.4. The van der Waals surface area contributed by atoms with Gasteiger partial charge in [0, 0.05) is 0 Å². The summed E-state index contributed by atoms with van der Waals surface area (Å²) in [5.41, 5.74) is 1.36. The number of nitrogens with one attached hydrogen (secondary N) is 1. The molecule has 156 valence electrons. The normalized spacial score (nSPS) is 25.3. The number of aromatic nitrogens is 4. The van der Waals surface area contributed by atoms with Crippen LogP contribution >= 0.6 is 0 Å². The van der Waals surface area contributed by atoms with Gasteiger partial charge in [0.1, 0.15) is 24.0 Å². The molecule has 4 atom stereocenters. The van der Waals surface area contributed by atoms with Crippen LogP contribution in [0.4, 0.5) is 0 Å². The lowest BCUT2D eigenvalue weighted by molar-refractivity contribution is 0.0611. The zero-order chi connectivity index (χ0) is 20.2. The Bertz CT molecular complexity index is 936. The van der Waals surface area contributed by atoms with Gasteiger partial charge in [0.2, 0.25) is 0 Å². The zero-order valence-electron chi connectivity index (χ0n) is 16.6. The summed E-state index contributed by atoms with van der Waals surface area (Å²) in [4.78, 5) is 0. The maximum Gasteiger partial charge on any atom is 0.341 e. The van der Waals surface area contributed by atoms with Crippen LogP contribution in [0.5, 0.6) is 11.8 Å². The third-order valence-corrected chi connectivity index (χ3v) is 5.65. The molecule has 3 heterocycles. The molecule has 4 unspecified atom stereocenters. The summed E-state index contributed by atoms with van der Waals surface area (Å²) < 4.78 is 19.7. The van der Waals surface area contributed by atoms with Gasteiger partial charge in [-0.25, -0.2) is 0 Å². The fraction of sp³-hybridized carbons (Fsp3) is 0.409. The molecular weight excluding hydrogens is 382 g/mol. The maximum atomic E-state index is 6.09. The molecule has 5 rings (SSSR count). The molecule has 8 nitrogen and oxygen atoms in total. The number of tetrazole rings is 1. The Labute approximate surface area is 175 Å². The minimum atomic E-state index is -0.111. The molecule has 2 aliphatic rings. The van der Waals surface area contributed by atoms with Crippen LogP contribution in [0.2, 0.25) is 0 Å². The summed E-state index contributed by atoms with van der Waals surface area (Å²) in [7, 11) is 0. The summed E-state index contributed by atoms with van der Waals surface area (Å²) in [6.07, 6.45) is 2.02. The second kappa shape index (κ2) is 8.91. The molecule has 0 spiro atoms. The van der Waals surface area contributed by atoms with E-state index in [1.807, 2.05) is 36.4 Å². The van der Waals surface area contributed by atoms with Gasteiger partial charge in [0.05, 0.1) is 19.3 Å². The van der Waals surface area contributed by atoms with Gasteiger partial charge < -0.3 is 19.5 Å². The van der Waals surface area contributed by atoms with E-state index in [9.17, 15) is 0 Å². The molecule has 0 saturated carbocycles. The maximum absolute atomic E-state index is 6.09. The van der Waals surface area contributed by atoms with Crippen LogP contribution in [0.25, 0.3) is 0 Å². The van der Waals surface area contributed by atoms with E-state index in [1.54, 1.807) is 4.68 Å².